The first-order valence-corrected chi connectivity index (χ1v) is 30.1. The van der Waals surface area contributed by atoms with Crippen molar-refractivity contribution >= 4 is 76.1 Å². The number of hydrogen-bond donors (Lipinski definition) is 17. The van der Waals surface area contributed by atoms with E-state index in [9.17, 15) is 63.3 Å². The number of phenolic OH excluding ortho intramolecular Hbond substituents is 1. The molecule has 0 unspecified atom stereocenters. The molecule has 0 saturated heterocycles. The molecule has 0 aliphatic rings. The molecule has 0 aliphatic heterocycles. The van der Waals surface area contributed by atoms with Crippen molar-refractivity contribution in [2.24, 2.45) is 51.4 Å². The van der Waals surface area contributed by atoms with Crippen molar-refractivity contribution in [3.63, 3.8) is 0 Å². The van der Waals surface area contributed by atoms with E-state index < -0.39 is 132 Å². The normalized spacial score (nSPS) is 15.0. The molecule has 0 aliphatic carbocycles. The minimum absolute atomic E-state index is 0.0420. The summed E-state index contributed by atoms with van der Waals surface area (Å²) < 4.78 is 0. The second kappa shape index (κ2) is 38.0. The number of para-hydroxylation sites is 1. The molecule has 1 heterocycles. The van der Waals surface area contributed by atoms with Crippen LogP contribution in [0.3, 0.4) is 0 Å². The summed E-state index contributed by atoms with van der Waals surface area (Å²) in [6.45, 7) is 11.1. The van der Waals surface area contributed by atoms with Crippen molar-refractivity contribution < 1.29 is 63.3 Å². The molecule has 488 valence electrons. The fraction of sp³-hybridized carbons (Fsp3) is 0.583. The highest BCUT2D eigenvalue weighted by atomic mass is 16.4. The number of aromatic hydroxyl groups is 1. The van der Waals surface area contributed by atoms with Crippen LogP contribution >= 0.6 is 0 Å². The Morgan fingerprint density at radius 3 is 1.59 bits per heavy atom. The highest BCUT2D eigenvalue weighted by Gasteiger charge is 2.38. The van der Waals surface area contributed by atoms with Crippen LogP contribution < -0.4 is 71.2 Å². The summed E-state index contributed by atoms with van der Waals surface area (Å²) in [4.78, 5) is 146. The van der Waals surface area contributed by atoms with Gasteiger partial charge in [-0.25, -0.2) is 4.79 Å². The van der Waals surface area contributed by atoms with Gasteiger partial charge in [0.15, 0.2) is 5.96 Å². The van der Waals surface area contributed by atoms with Gasteiger partial charge in [-0.1, -0.05) is 84.7 Å². The highest BCUT2D eigenvalue weighted by Crippen LogP contribution is 2.21. The summed E-state index contributed by atoms with van der Waals surface area (Å²) >= 11 is 0. The van der Waals surface area contributed by atoms with E-state index in [4.69, 9.17) is 28.7 Å². The smallest absolute Gasteiger partial charge is 0.326 e. The van der Waals surface area contributed by atoms with E-state index in [2.05, 4.69) is 52.5 Å². The first-order chi connectivity index (χ1) is 41.7. The number of rotatable bonds is 41. The molecule has 0 saturated carbocycles. The van der Waals surface area contributed by atoms with E-state index in [0.29, 0.717) is 67.0 Å². The summed E-state index contributed by atoms with van der Waals surface area (Å²) in [5, 5.41) is 51.9. The van der Waals surface area contributed by atoms with Crippen molar-refractivity contribution in [3.8, 4) is 5.75 Å². The van der Waals surface area contributed by atoms with Gasteiger partial charge in [0.05, 0.1) is 12.5 Å². The molecule has 28 heteroatoms. The van der Waals surface area contributed by atoms with Crippen LogP contribution in [0.5, 0.6) is 5.75 Å². The molecule has 11 atom stereocenters. The van der Waals surface area contributed by atoms with Gasteiger partial charge in [-0.05, 0) is 118 Å². The second-order valence-corrected chi connectivity index (χ2v) is 22.7. The number of phenols is 1. The number of H-pyrrole nitrogens is 1. The molecule has 22 N–H and O–H groups in total. The van der Waals surface area contributed by atoms with Crippen LogP contribution in [-0.4, -0.2) is 159 Å². The number of carboxylic acid groups (broad SMARTS) is 2. The molecule has 8 amide bonds. The van der Waals surface area contributed by atoms with Gasteiger partial charge in [-0.15, -0.1) is 0 Å². The summed E-state index contributed by atoms with van der Waals surface area (Å²) in [6.07, 6.45) is 3.26. The monoisotopic (exact) mass is 1230 g/mol. The van der Waals surface area contributed by atoms with E-state index >= 15 is 0 Å². The Bertz CT molecular complexity index is 2810. The number of aromatic amines is 1. The third-order valence-corrected chi connectivity index (χ3v) is 15.1. The van der Waals surface area contributed by atoms with Crippen LogP contribution in [-0.2, 0) is 60.8 Å². The Balaban J connectivity index is 2.01. The number of carbonyl (C=O) groups excluding carboxylic acids is 8. The molecular weight excluding hydrogens is 1140 g/mol. The number of aromatic nitrogens is 1. The van der Waals surface area contributed by atoms with Gasteiger partial charge in [0.25, 0.3) is 0 Å². The number of fused-ring (bicyclic) bond motifs is 1. The van der Waals surface area contributed by atoms with Gasteiger partial charge in [0.2, 0.25) is 47.3 Å². The molecule has 0 bridgehead atoms. The largest absolute Gasteiger partial charge is 0.508 e. The van der Waals surface area contributed by atoms with E-state index in [0.717, 1.165) is 0 Å². The van der Waals surface area contributed by atoms with E-state index in [1.165, 1.54) is 24.3 Å². The fourth-order valence-corrected chi connectivity index (χ4v) is 9.59. The second-order valence-electron chi connectivity index (χ2n) is 22.7. The van der Waals surface area contributed by atoms with Gasteiger partial charge in [-0.3, -0.25) is 48.1 Å². The number of aliphatic carboxylic acids is 2. The molecule has 3 rings (SSSR count). The average molecular weight is 1230 g/mol. The Hall–Kier alpha value is -8.37. The first-order valence-electron chi connectivity index (χ1n) is 30.1. The number of nitrogens with zero attached hydrogens (tertiary/aromatic N) is 1. The zero-order chi connectivity index (χ0) is 65.6. The lowest BCUT2D eigenvalue weighted by atomic mass is 9.96. The highest BCUT2D eigenvalue weighted by molar-refractivity contribution is 5.99. The summed E-state index contributed by atoms with van der Waals surface area (Å²) in [7, 11) is 0. The SMILES string of the molecule is CC[C@H](C)[C@H](NC(=O)[C@H](CCCCN)NC(=O)[C@H](CCCCN)NC(=O)[C@@H](NC(=O)[C@H](Cc1c[nH]c2ccccc12)NC(=O)[C@H](CC(=O)O)NC(=O)[C@H](CC(C)C)NC(=O)[C@H](Cc1ccc(O)cc1)NC(=O)[C@@H](N)CCCN=C(N)N)[C@@H](C)CC)C(=O)O. The van der Waals surface area contributed by atoms with Gasteiger partial charge >= 0.3 is 11.9 Å². The number of nitrogens with two attached hydrogens (primary N) is 5. The number of nitrogens with one attached hydrogen (secondary N) is 9. The third-order valence-electron chi connectivity index (χ3n) is 15.1. The summed E-state index contributed by atoms with van der Waals surface area (Å²) in [5.41, 5.74) is 30.3. The molecule has 2 aromatic carbocycles. The number of benzene rings is 2. The van der Waals surface area contributed by atoms with Crippen LogP contribution in [0.15, 0.2) is 59.7 Å². The Kier molecular flexibility index (Phi) is 31.9. The molecule has 0 radical (unpaired) electrons. The average Bonchev–Trinajstić information content (AvgIpc) is 2.58. The van der Waals surface area contributed by atoms with Gasteiger partial charge in [0.1, 0.15) is 54.1 Å². The lowest BCUT2D eigenvalue weighted by Crippen LogP contribution is -2.61. The molecular formula is C60H95N15O13. The lowest BCUT2D eigenvalue weighted by Gasteiger charge is -2.30. The van der Waals surface area contributed by atoms with Crippen molar-refractivity contribution in [2.75, 3.05) is 19.6 Å². The maximum Gasteiger partial charge on any atom is 0.326 e. The number of amides is 8. The van der Waals surface area contributed by atoms with Gasteiger partial charge < -0.3 is 91.5 Å². The Labute approximate surface area is 513 Å². The van der Waals surface area contributed by atoms with E-state index in [1.807, 2.05) is 0 Å². The van der Waals surface area contributed by atoms with Crippen molar-refractivity contribution in [3.05, 3.63) is 65.9 Å². The lowest BCUT2D eigenvalue weighted by molar-refractivity contribution is -0.144. The van der Waals surface area contributed by atoms with Crippen LogP contribution in [0, 0.1) is 17.8 Å². The topological polar surface area (TPSA) is 486 Å². The Morgan fingerprint density at radius 1 is 0.545 bits per heavy atom. The number of hydrogen-bond acceptors (Lipinski definition) is 15. The number of carbonyl (C=O) groups is 10. The molecule has 1 aromatic heterocycles. The van der Waals surface area contributed by atoms with Gasteiger partial charge in [-0.2, -0.15) is 0 Å². The minimum Gasteiger partial charge on any atom is -0.508 e. The quantitative estimate of drug-likeness (QED) is 0.0200. The molecule has 0 fully saturated rings. The number of aliphatic imine (C=N–C) groups is 1. The maximum absolute atomic E-state index is 14.9. The van der Waals surface area contributed by atoms with Crippen molar-refractivity contribution in [2.45, 2.75) is 186 Å². The van der Waals surface area contributed by atoms with E-state index in [1.54, 1.807) is 72.0 Å². The number of unbranched alkanes of at least 4 members (excludes halogenated alkanes) is 2. The standard InChI is InChI=1S/C60H95N15O13/c1-7-34(5)49(58(86)69-42(19-11-13-25-61)52(80)68-43(20-12-14-26-62)53(81)75-50(59(87)88)35(6)8-2)74-57(85)46(30-37-32-67-41-18-10-9-16-39(37)41)72-56(84)47(31-48(77)78)73-54(82)44(28-33(3)4)71-55(83)45(29-36-21-23-38(76)24-22-36)70-51(79)40(63)17-15-27-66-60(64)65/h9-10,16,18,21-24,32-35,40,42-47,49-50,67,76H,7-8,11-15,17,19-20,25-31,61-63H2,1-6H3,(H,68,80)(H,69,86)(H,70,79)(H,71,83)(H,72,84)(H,73,82)(H,74,85)(H,75,81)(H,77,78)(H,87,88)(H4,64,65,66)/t34-,35-,40-,42-,43-,44-,45-,46-,47-,49-,50-/m0/s1. The molecule has 3 aromatic rings. The van der Waals surface area contributed by atoms with Gasteiger partial charge in [0, 0.05) is 36.5 Å². The van der Waals surface area contributed by atoms with Crippen LogP contribution in [0.4, 0.5) is 0 Å². The Morgan fingerprint density at radius 2 is 1.02 bits per heavy atom. The van der Waals surface area contributed by atoms with E-state index in [-0.39, 0.29) is 75.8 Å². The van der Waals surface area contributed by atoms with Crippen LogP contribution in [0.1, 0.15) is 130 Å². The summed E-state index contributed by atoms with van der Waals surface area (Å²) in [5.74, 6) is -11.2. The first kappa shape index (κ1) is 73.9. The van der Waals surface area contributed by atoms with Crippen LogP contribution in [0.2, 0.25) is 0 Å². The number of carboxylic acids is 2. The third kappa shape index (κ3) is 25.2. The van der Waals surface area contributed by atoms with Crippen molar-refractivity contribution in [1.82, 2.24) is 47.5 Å². The van der Waals surface area contributed by atoms with Crippen LogP contribution in [0.25, 0.3) is 10.9 Å². The van der Waals surface area contributed by atoms with Crippen molar-refractivity contribution in [1.29, 1.82) is 0 Å². The zero-order valence-corrected chi connectivity index (χ0v) is 51.4. The number of guanidine groups is 1. The fourth-order valence-electron chi connectivity index (χ4n) is 9.59. The molecule has 88 heavy (non-hydrogen) atoms. The summed E-state index contributed by atoms with van der Waals surface area (Å²) in [6, 6.07) is 0.492. The molecule has 28 nitrogen and oxygen atoms in total. The minimum atomic E-state index is -1.87. The predicted molar refractivity (Wildman–Crippen MR) is 331 cm³/mol. The zero-order valence-electron chi connectivity index (χ0n) is 51.4. The predicted octanol–water partition coefficient (Wildman–Crippen LogP) is -0.126. The maximum atomic E-state index is 14.9. The molecule has 0 spiro atoms.